The summed E-state index contributed by atoms with van der Waals surface area (Å²) in [5.74, 6) is -1.10. The quantitative estimate of drug-likeness (QED) is 0.905. The molecular weight excluding hydrogens is 320 g/mol. The SMILES string of the molecule is COc1ccc(N)c(Nc2c(F)cc(Br)cc2F)n1. The van der Waals surface area contributed by atoms with Crippen LogP contribution in [0.5, 0.6) is 5.88 Å². The molecule has 0 unspecified atom stereocenters. The first kappa shape index (κ1) is 13.5. The highest BCUT2D eigenvalue weighted by atomic mass is 79.9. The van der Waals surface area contributed by atoms with E-state index in [1.807, 2.05) is 0 Å². The van der Waals surface area contributed by atoms with E-state index in [1.165, 1.54) is 13.2 Å². The highest BCUT2D eigenvalue weighted by molar-refractivity contribution is 9.10. The number of hydrogen-bond donors (Lipinski definition) is 2. The predicted molar refractivity (Wildman–Crippen MR) is 72.5 cm³/mol. The number of nitrogens with zero attached hydrogens (tertiary/aromatic N) is 1. The van der Waals surface area contributed by atoms with Gasteiger partial charge in [0.15, 0.2) is 17.5 Å². The molecule has 2 rings (SSSR count). The third-order valence-electron chi connectivity index (χ3n) is 2.36. The molecule has 2 aromatic rings. The van der Waals surface area contributed by atoms with Crippen molar-refractivity contribution in [1.82, 2.24) is 4.98 Å². The van der Waals surface area contributed by atoms with Gasteiger partial charge in [-0.05, 0) is 18.2 Å². The Kier molecular flexibility index (Phi) is 3.84. The summed E-state index contributed by atoms with van der Waals surface area (Å²) in [4.78, 5) is 3.99. The maximum absolute atomic E-state index is 13.7. The summed E-state index contributed by atoms with van der Waals surface area (Å²) < 4.78 is 32.6. The second-order valence-electron chi connectivity index (χ2n) is 3.66. The van der Waals surface area contributed by atoms with Gasteiger partial charge < -0.3 is 15.8 Å². The van der Waals surface area contributed by atoms with E-state index >= 15 is 0 Å². The van der Waals surface area contributed by atoms with Gasteiger partial charge in [-0.15, -0.1) is 0 Å². The smallest absolute Gasteiger partial charge is 0.215 e. The van der Waals surface area contributed by atoms with E-state index in [0.29, 0.717) is 4.47 Å². The van der Waals surface area contributed by atoms with Crippen molar-refractivity contribution in [1.29, 1.82) is 0 Å². The highest BCUT2D eigenvalue weighted by Gasteiger charge is 2.13. The zero-order valence-electron chi connectivity index (χ0n) is 9.88. The molecule has 4 nitrogen and oxygen atoms in total. The molecule has 100 valence electrons. The molecule has 0 atom stereocenters. The first-order valence-electron chi connectivity index (χ1n) is 5.23. The maximum atomic E-state index is 13.7. The van der Waals surface area contributed by atoms with E-state index in [9.17, 15) is 8.78 Å². The number of ether oxygens (including phenoxy) is 1. The summed E-state index contributed by atoms with van der Waals surface area (Å²) in [5.41, 5.74) is 5.62. The minimum absolute atomic E-state index is 0.125. The monoisotopic (exact) mass is 329 g/mol. The zero-order valence-corrected chi connectivity index (χ0v) is 11.5. The van der Waals surface area contributed by atoms with Gasteiger partial charge in [0.05, 0.1) is 12.8 Å². The fourth-order valence-electron chi connectivity index (χ4n) is 1.45. The second-order valence-corrected chi connectivity index (χ2v) is 4.58. The molecule has 0 radical (unpaired) electrons. The lowest BCUT2D eigenvalue weighted by molar-refractivity contribution is 0.398. The van der Waals surface area contributed by atoms with Crippen molar-refractivity contribution in [2.24, 2.45) is 0 Å². The van der Waals surface area contributed by atoms with Crippen LogP contribution in [0, 0.1) is 11.6 Å². The largest absolute Gasteiger partial charge is 0.481 e. The van der Waals surface area contributed by atoms with E-state index in [4.69, 9.17) is 10.5 Å². The summed E-state index contributed by atoms with van der Waals surface area (Å²) >= 11 is 3.00. The van der Waals surface area contributed by atoms with Crippen LogP contribution in [0.15, 0.2) is 28.7 Å². The number of nitrogen functional groups attached to an aromatic ring is 1. The Labute approximate surface area is 116 Å². The van der Waals surface area contributed by atoms with E-state index in [-0.39, 0.29) is 23.1 Å². The number of nitrogens with two attached hydrogens (primary N) is 1. The fourth-order valence-corrected chi connectivity index (χ4v) is 1.85. The van der Waals surface area contributed by atoms with Crippen molar-refractivity contribution in [2.75, 3.05) is 18.2 Å². The van der Waals surface area contributed by atoms with Gasteiger partial charge in [-0.2, -0.15) is 4.98 Å². The lowest BCUT2D eigenvalue weighted by Gasteiger charge is -2.11. The molecule has 1 aromatic carbocycles. The molecule has 1 heterocycles. The van der Waals surface area contributed by atoms with E-state index in [0.717, 1.165) is 12.1 Å². The number of aromatic nitrogens is 1. The molecule has 0 bridgehead atoms. The summed E-state index contributed by atoms with van der Waals surface area (Å²) in [7, 11) is 1.43. The number of rotatable bonds is 3. The van der Waals surface area contributed by atoms with E-state index in [1.54, 1.807) is 6.07 Å². The zero-order chi connectivity index (χ0) is 14.0. The van der Waals surface area contributed by atoms with Crippen LogP contribution >= 0.6 is 15.9 Å². The average molecular weight is 330 g/mol. The first-order chi connectivity index (χ1) is 9.01. The van der Waals surface area contributed by atoms with Gasteiger partial charge >= 0.3 is 0 Å². The van der Waals surface area contributed by atoms with Crippen molar-refractivity contribution in [3.8, 4) is 5.88 Å². The molecule has 0 aliphatic rings. The Bertz CT molecular complexity index is 599. The minimum Gasteiger partial charge on any atom is -0.481 e. The van der Waals surface area contributed by atoms with Crippen LogP contribution in [0.25, 0.3) is 0 Å². The molecular formula is C12H10BrF2N3O. The van der Waals surface area contributed by atoms with Crippen LogP contribution in [0.2, 0.25) is 0 Å². The molecule has 19 heavy (non-hydrogen) atoms. The van der Waals surface area contributed by atoms with Crippen molar-refractivity contribution in [2.45, 2.75) is 0 Å². The topological polar surface area (TPSA) is 60.2 Å². The van der Waals surface area contributed by atoms with Crippen LogP contribution in [-0.2, 0) is 0 Å². The molecule has 0 aliphatic carbocycles. The van der Waals surface area contributed by atoms with Crippen LogP contribution in [0.1, 0.15) is 0 Å². The number of anilines is 3. The van der Waals surface area contributed by atoms with Crippen molar-refractivity contribution in [3.05, 3.63) is 40.4 Å². The molecule has 0 saturated heterocycles. The van der Waals surface area contributed by atoms with Crippen LogP contribution in [0.4, 0.5) is 26.0 Å². The van der Waals surface area contributed by atoms with Crippen molar-refractivity contribution in [3.63, 3.8) is 0 Å². The number of nitrogens with one attached hydrogen (secondary N) is 1. The maximum Gasteiger partial charge on any atom is 0.215 e. The first-order valence-corrected chi connectivity index (χ1v) is 6.02. The number of benzene rings is 1. The number of methoxy groups -OCH3 is 1. The fraction of sp³-hybridized carbons (Fsp3) is 0.0833. The van der Waals surface area contributed by atoms with Crippen LogP contribution in [0.3, 0.4) is 0 Å². The Balaban J connectivity index is 2.41. The number of hydrogen-bond acceptors (Lipinski definition) is 4. The van der Waals surface area contributed by atoms with Crippen LogP contribution < -0.4 is 15.8 Å². The van der Waals surface area contributed by atoms with Gasteiger partial charge in [-0.1, -0.05) is 15.9 Å². The lowest BCUT2D eigenvalue weighted by atomic mass is 10.2. The van der Waals surface area contributed by atoms with Gasteiger partial charge in [0.2, 0.25) is 5.88 Å². The molecule has 3 N–H and O–H groups in total. The summed E-state index contributed by atoms with van der Waals surface area (Å²) in [6, 6.07) is 5.36. The van der Waals surface area contributed by atoms with E-state index in [2.05, 4.69) is 26.2 Å². The van der Waals surface area contributed by atoms with Crippen molar-refractivity contribution < 1.29 is 13.5 Å². The normalized spacial score (nSPS) is 10.3. The summed E-state index contributed by atoms with van der Waals surface area (Å²) in [5, 5.41) is 2.52. The highest BCUT2D eigenvalue weighted by Crippen LogP contribution is 2.29. The van der Waals surface area contributed by atoms with Gasteiger partial charge in [0, 0.05) is 10.5 Å². The van der Waals surface area contributed by atoms with Gasteiger partial charge in [0.1, 0.15) is 5.69 Å². The molecule has 0 aliphatic heterocycles. The Morgan fingerprint density at radius 1 is 1.26 bits per heavy atom. The Hall–Kier alpha value is -1.89. The molecule has 7 heteroatoms. The molecule has 0 amide bonds. The molecule has 0 saturated carbocycles. The minimum atomic E-state index is -0.754. The number of pyridine rings is 1. The predicted octanol–water partition coefficient (Wildman–Crippen LogP) is 3.46. The number of halogens is 3. The third-order valence-corrected chi connectivity index (χ3v) is 2.82. The summed E-state index contributed by atoms with van der Waals surface area (Å²) in [6.07, 6.45) is 0. The Morgan fingerprint density at radius 2 is 1.89 bits per heavy atom. The standard InChI is InChI=1S/C12H10BrF2N3O/c1-19-10-3-2-9(16)12(17-10)18-11-7(14)4-6(13)5-8(11)15/h2-5H,16H2,1H3,(H,17,18). The van der Waals surface area contributed by atoms with E-state index < -0.39 is 11.6 Å². The molecule has 0 fully saturated rings. The van der Waals surface area contributed by atoms with Gasteiger partial charge in [-0.3, -0.25) is 0 Å². The van der Waals surface area contributed by atoms with Gasteiger partial charge in [-0.25, -0.2) is 8.78 Å². The third kappa shape index (κ3) is 2.93. The molecule has 0 spiro atoms. The second kappa shape index (κ2) is 5.40. The van der Waals surface area contributed by atoms with Crippen LogP contribution in [-0.4, -0.2) is 12.1 Å². The molecule has 1 aromatic heterocycles. The average Bonchev–Trinajstić information content (AvgIpc) is 2.35. The van der Waals surface area contributed by atoms with Crippen molar-refractivity contribution >= 4 is 33.1 Å². The van der Waals surface area contributed by atoms with Gasteiger partial charge in [0.25, 0.3) is 0 Å². The lowest BCUT2D eigenvalue weighted by Crippen LogP contribution is -2.04. The summed E-state index contributed by atoms with van der Waals surface area (Å²) in [6.45, 7) is 0. The Morgan fingerprint density at radius 3 is 2.47 bits per heavy atom.